The molecule has 0 heterocycles. The monoisotopic (exact) mass is 406 g/mol. The van der Waals surface area contributed by atoms with Crippen LogP contribution < -0.4 is 14.4 Å². The summed E-state index contributed by atoms with van der Waals surface area (Å²) in [5.41, 5.74) is 0.952. The third kappa shape index (κ3) is 4.42. The van der Waals surface area contributed by atoms with Gasteiger partial charge >= 0.3 is 5.97 Å². The quantitative estimate of drug-likeness (QED) is 0.703. The maximum absolute atomic E-state index is 13.1. The second kappa shape index (κ2) is 8.75. The van der Waals surface area contributed by atoms with Crippen LogP contribution in [0.25, 0.3) is 0 Å². The van der Waals surface area contributed by atoms with Crippen molar-refractivity contribution in [1.82, 2.24) is 5.32 Å². The van der Waals surface area contributed by atoms with E-state index in [2.05, 4.69) is 5.32 Å². The van der Waals surface area contributed by atoms with Crippen LogP contribution in [0.1, 0.15) is 15.9 Å². The van der Waals surface area contributed by atoms with Crippen LogP contribution in [0.5, 0.6) is 5.75 Å². The van der Waals surface area contributed by atoms with Crippen LogP contribution in [0, 0.1) is 6.92 Å². The standard InChI is InChI=1S/C19H22N2O6S/c1-13-9-10-14(11-15(13)19(23)27-12-18(22)20-2)28(24,25)21(3)16-7-5-6-8-17(16)26-4/h5-11H,12H2,1-4H3,(H,20,22). The minimum atomic E-state index is -3.97. The number of amides is 1. The molecule has 0 aliphatic heterocycles. The number of anilines is 1. The summed E-state index contributed by atoms with van der Waals surface area (Å²) in [6, 6.07) is 10.9. The van der Waals surface area contributed by atoms with E-state index in [0.29, 0.717) is 17.0 Å². The number of carbonyl (C=O) groups excluding carboxylic acids is 2. The molecule has 28 heavy (non-hydrogen) atoms. The molecule has 0 fully saturated rings. The Morgan fingerprint density at radius 3 is 2.46 bits per heavy atom. The van der Waals surface area contributed by atoms with Crippen molar-refractivity contribution in [3.8, 4) is 5.75 Å². The molecule has 8 nitrogen and oxygen atoms in total. The Morgan fingerprint density at radius 1 is 1.14 bits per heavy atom. The van der Waals surface area contributed by atoms with Crippen LogP contribution in [0.15, 0.2) is 47.4 Å². The summed E-state index contributed by atoms with van der Waals surface area (Å²) in [5.74, 6) is -0.852. The first kappa shape index (κ1) is 21.2. The fourth-order valence-electron chi connectivity index (χ4n) is 2.44. The molecular weight excluding hydrogens is 384 g/mol. The van der Waals surface area contributed by atoms with Crippen LogP contribution >= 0.6 is 0 Å². The van der Waals surface area contributed by atoms with Gasteiger partial charge in [-0.25, -0.2) is 13.2 Å². The average molecular weight is 406 g/mol. The van der Waals surface area contributed by atoms with E-state index in [0.717, 1.165) is 4.31 Å². The van der Waals surface area contributed by atoms with Crippen LogP contribution in [0.3, 0.4) is 0 Å². The molecule has 9 heteroatoms. The third-order valence-electron chi connectivity index (χ3n) is 4.12. The number of hydrogen-bond acceptors (Lipinski definition) is 6. The number of ether oxygens (including phenoxy) is 2. The summed E-state index contributed by atoms with van der Waals surface area (Å²) >= 11 is 0. The predicted molar refractivity (Wildman–Crippen MR) is 104 cm³/mol. The Hall–Kier alpha value is -3.07. The van der Waals surface area contributed by atoms with Gasteiger partial charge in [-0.2, -0.15) is 0 Å². The second-order valence-electron chi connectivity index (χ2n) is 5.87. The highest BCUT2D eigenvalue weighted by atomic mass is 32.2. The number of hydrogen-bond donors (Lipinski definition) is 1. The highest BCUT2D eigenvalue weighted by Gasteiger charge is 2.25. The van der Waals surface area contributed by atoms with Gasteiger partial charge in [-0.1, -0.05) is 18.2 Å². The molecule has 0 aliphatic carbocycles. The Kier molecular flexibility index (Phi) is 6.63. The van der Waals surface area contributed by atoms with Crippen molar-refractivity contribution in [1.29, 1.82) is 0 Å². The van der Waals surface area contributed by atoms with Crippen LogP contribution in [0.4, 0.5) is 5.69 Å². The molecule has 0 saturated carbocycles. The lowest BCUT2D eigenvalue weighted by Crippen LogP contribution is -2.27. The van der Waals surface area contributed by atoms with E-state index in [1.807, 2.05) is 0 Å². The molecule has 0 aromatic heterocycles. The van der Waals surface area contributed by atoms with Crippen molar-refractivity contribution in [2.24, 2.45) is 0 Å². The number of likely N-dealkylation sites (N-methyl/N-ethyl adjacent to an activating group) is 1. The van der Waals surface area contributed by atoms with Crippen molar-refractivity contribution in [2.75, 3.05) is 32.1 Å². The molecule has 0 saturated heterocycles. The summed E-state index contributed by atoms with van der Waals surface area (Å²) in [4.78, 5) is 23.5. The molecule has 2 aromatic carbocycles. The molecular formula is C19H22N2O6S. The van der Waals surface area contributed by atoms with Crippen LogP contribution in [0.2, 0.25) is 0 Å². The van der Waals surface area contributed by atoms with Crippen molar-refractivity contribution >= 4 is 27.6 Å². The lowest BCUT2D eigenvalue weighted by atomic mass is 10.1. The largest absolute Gasteiger partial charge is 0.495 e. The lowest BCUT2D eigenvalue weighted by molar-refractivity contribution is -0.123. The number of carbonyl (C=O) groups is 2. The minimum absolute atomic E-state index is 0.0680. The highest BCUT2D eigenvalue weighted by Crippen LogP contribution is 2.31. The van der Waals surface area contributed by atoms with Gasteiger partial charge in [-0.05, 0) is 36.8 Å². The van der Waals surface area contributed by atoms with Crippen LogP contribution in [-0.4, -0.2) is 48.1 Å². The van der Waals surface area contributed by atoms with Gasteiger partial charge in [-0.15, -0.1) is 0 Å². The number of sulfonamides is 1. The zero-order valence-electron chi connectivity index (χ0n) is 16.1. The zero-order valence-corrected chi connectivity index (χ0v) is 16.9. The first-order valence-corrected chi connectivity index (χ1v) is 9.76. The first-order valence-electron chi connectivity index (χ1n) is 8.32. The number of aryl methyl sites for hydroxylation is 1. The van der Waals surface area contributed by atoms with Crippen molar-refractivity contribution in [2.45, 2.75) is 11.8 Å². The molecule has 0 atom stereocenters. The Bertz CT molecular complexity index is 988. The van der Waals surface area contributed by atoms with Gasteiger partial charge in [0, 0.05) is 14.1 Å². The number of para-hydroxylation sites is 2. The number of benzene rings is 2. The number of esters is 1. The molecule has 0 aliphatic rings. The number of rotatable bonds is 7. The van der Waals surface area contributed by atoms with E-state index >= 15 is 0 Å². The lowest BCUT2D eigenvalue weighted by Gasteiger charge is -2.22. The SMILES string of the molecule is CNC(=O)COC(=O)c1cc(S(=O)(=O)N(C)c2ccccc2OC)ccc1C. The van der Waals surface area contributed by atoms with E-state index < -0.39 is 28.5 Å². The van der Waals surface area contributed by atoms with E-state index in [1.165, 1.54) is 39.4 Å². The average Bonchev–Trinajstić information content (AvgIpc) is 2.71. The van der Waals surface area contributed by atoms with E-state index in [9.17, 15) is 18.0 Å². The highest BCUT2D eigenvalue weighted by molar-refractivity contribution is 7.92. The number of methoxy groups -OCH3 is 1. The maximum Gasteiger partial charge on any atom is 0.338 e. The number of nitrogens with zero attached hydrogens (tertiary/aromatic N) is 1. The van der Waals surface area contributed by atoms with Crippen LogP contribution in [-0.2, 0) is 19.6 Å². The van der Waals surface area contributed by atoms with Gasteiger partial charge in [-0.3, -0.25) is 9.10 Å². The molecule has 1 N–H and O–H groups in total. The molecule has 0 radical (unpaired) electrons. The Labute approximate surface area is 164 Å². The zero-order chi connectivity index (χ0) is 20.9. The summed E-state index contributed by atoms with van der Waals surface area (Å²) in [6.45, 7) is 1.20. The molecule has 2 rings (SSSR count). The fourth-order valence-corrected chi connectivity index (χ4v) is 3.67. The first-order chi connectivity index (χ1) is 13.2. The van der Waals surface area contributed by atoms with E-state index in [4.69, 9.17) is 9.47 Å². The van der Waals surface area contributed by atoms with Gasteiger partial charge in [0.15, 0.2) is 6.61 Å². The molecule has 0 unspecified atom stereocenters. The fraction of sp³-hybridized carbons (Fsp3) is 0.263. The molecule has 1 amide bonds. The Morgan fingerprint density at radius 2 is 1.82 bits per heavy atom. The van der Waals surface area contributed by atoms with Crippen molar-refractivity contribution in [3.05, 3.63) is 53.6 Å². The van der Waals surface area contributed by atoms with Gasteiger partial charge in [0.05, 0.1) is 23.3 Å². The summed E-state index contributed by atoms with van der Waals surface area (Å²) in [6.07, 6.45) is 0. The second-order valence-corrected chi connectivity index (χ2v) is 7.84. The molecule has 2 aromatic rings. The van der Waals surface area contributed by atoms with E-state index in [-0.39, 0.29) is 10.5 Å². The van der Waals surface area contributed by atoms with Crippen molar-refractivity contribution < 1.29 is 27.5 Å². The number of nitrogens with one attached hydrogen (secondary N) is 1. The predicted octanol–water partition coefficient (Wildman–Crippen LogP) is 1.73. The van der Waals surface area contributed by atoms with E-state index in [1.54, 1.807) is 31.2 Å². The molecule has 0 spiro atoms. The van der Waals surface area contributed by atoms with Gasteiger partial charge in [0.2, 0.25) is 0 Å². The third-order valence-corrected chi connectivity index (χ3v) is 5.89. The van der Waals surface area contributed by atoms with Gasteiger partial charge in [0.1, 0.15) is 5.75 Å². The Balaban J connectivity index is 2.38. The van der Waals surface area contributed by atoms with Gasteiger partial charge in [0.25, 0.3) is 15.9 Å². The summed E-state index contributed by atoms with van der Waals surface area (Å²) in [7, 11) is 0.301. The topological polar surface area (TPSA) is 102 Å². The molecule has 0 bridgehead atoms. The molecule has 150 valence electrons. The summed E-state index contributed by atoms with van der Waals surface area (Å²) in [5, 5.41) is 2.34. The van der Waals surface area contributed by atoms with Gasteiger partial charge < -0.3 is 14.8 Å². The smallest absolute Gasteiger partial charge is 0.338 e. The minimum Gasteiger partial charge on any atom is -0.495 e. The summed E-state index contributed by atoms with van der Waals surface area (Å²) < 4.78 is 37.3. The normalized spacial score (nSPS) is 10.9. The maximum atomic E-state index is 13.1. The van der Waals surface area contributed by atoms with Crippen molar-refractivity contribution in [3.63, 3.8) is 0 Å².